The maximum Gasteiger partial charge on any atom is 0.176 e. The van der Waals surface area contributed by atoms with Gasteiger partial charge in [0, 0.05) is 44.5 Å². The van der Waals surface area contributed by atoms with Gasteiger partial charge in [-0.3, -0.25) is 9.89 Å². The Morgan fingerprint density at radius 3 is 2.69 bits per heavy atom. The van der Waals surface area contributed by atoms with Crippen molar-refractivity contribution < 1.29 is 4.74 Å². The minimum Gasteiger partial charge on any atom is -0.491 e. The summed E-state index contributed by atoms with van der Waals surface area (Å²) in [6.07, 6.45) is 4.36. The van der Waals surface area contributed by atoms with Crippen LogP contribution in [0.3, 0.4) is 0 Å². The summed E-state index contributed by atoms with van der Waals surface area (Å²) in [5, 5.41) is 0. The second-order valence-corrected chi connectivity index (χ2v) is 8.84. The van der Waals surface area contributed by atoms with Crippen molar-refractivity contribution in [2.24, 2.45) is 15.7 Å². The molecule has 4 rings (SSSR count). The van der Waals surface area contributed by atoms with Crippen LogP contribution in [-0.4, -0.2) is 77.4 Å². The van der Waals surface area contributed by atoms with Crippen molar-refractivity contribution in [2.75, 3.05) is 39.8 Å². The summed E-state index contributed by atoms with van der Waals surface area (Å²) in [7, 11) is 2.20. The number of hydrogen-bond acceptors (Lipinski definition) is 5. The van der Waals surface area contributed by atoms with E-state index in [0.717, 1.165) is 62.0 Å². The largest absolute Gasteiger partial charge is 0.491 e. The van der Waals surface area contributed by atoms with Crippen LogP contribution in [0.25, 0.3) is 11.4 Å². The number of amidine groups is 1. The molecule has 0 unspecified atom stereocenters. The highest BCUT2D eigenvalue weighted by atomic mass is 16.5. The molecule has 2 N–H and O–H groups in total. The topological polar surface area (TPSA) is 84.3 Å². The van der Waals surface area contributed by atoms with Crippen LogP contribution >= 0.6 is 0 Å². The van der Waals surface area contributed by atoms with E-state index in [-0.39, 0.29) is 6.04 Å². The Labute approximate surface area is 190 Å². The zero-order valence-corrected chi connectivity index (χ0v) is 19.7. The van der Waals surface area contributed by atoms with Gasteiger partial charge >= 0.3 is 0 Å². The molecular weight excluding hydrogens is 402 g/mol. The first-order valence-corrected chi connectivity index (χ1v) is 11.6. The maximum atomic E-state index is 6.07. The van der Waals surface area contributed by atoms with Crippen LogP contribution in [-0.2, 0) is 6.54 Å². The number of fused-ring (bicyclic) bond motifs is 3. The SMILES string of the molecule is CC[C@H](c1ccc2c(c1)-c1nc(C(N=CN)=NC(C)C)cn1CCO2)N1CCN(C)CC1. The summed E-state index contributed by atoms with van der Waals surface area (Å²) < 4.78 is 8.21. The monoisotopic (exact) mass is 437 g/mol. The standard InChI is InChI=1S/C24H35N7O/c1-5-21(30-10-8-29(4)9-11-30)18-6-7-22-19(14-18)24-28-20(15-31(24)12-13-32-22)23(26-16-25)27-17(2)3/h6-7,14-17,21H,5,8-13H2,1-4H3,(H2,25,26,27)/t21-/m1/s1. The Hall–Kier alpha value is -2.71. The van der Waals surface area contributed by atoms with Gasteiger partial charge in [-0.05, 0) is 45.0 Å². The predicted molar refractivity (Wildman–Crippen MR) is 130 cm³/mol. The first-order valence-electron chi connectivity index (χ1n) is 11.6. The molecule has 8 heteroatoms. The summed E-state index contributed by atoms with van der Waals surface area (Å²) >= 11 is 0. The Bertz CT molecular complexity index is 986. The van der Waals surface area contributed by atoms with Gasteiger partial charge in [0.05, 0.1) is 18.4 Å². The number of likely N-dealkylation sites (N-methyl/N-ethyl adjacent to an activating group) is 1. The molecule has 8 nitrogen and oxygen atoms in total. The Morgan fingerprint density at radius 1 is 1.22 bits per heavy atom. The molecule has 2 aliphatic rings. The fourth-order valence-corrected chi connectivity index (χ4v) is 4.54. The average molecular weight is 438 g/mol. The molecule has 0 radical (unpaired) electrons. The first kappa shape index (κ1) is 22.5. The van der Waals surface area contributed by atoms with E-state index in [1.807, 2.05) is 20.0 Å². The van der Waals surface area contributed by atoms with E-state index in [1.54, 1.807) is 0 Å². The molecule has 2 aromatic rings. The Balaban J connectivity index is 1.72. The lowest BCUT2D eigenvalue weighted by molar-refractivity contribution is 0.109. The lowest BCUT2D eigenvalue weighted by Crippen LogP contribution is -2.45. The third-order valence-electron chi connectivity index (χ3n) is 6.17. The van der Waals surface area contributed by atoms with E-state index >= 15 is 0 Å². The van der Waals surface area contributed by atoms with Crippen LogP contribution in [0.1, 0.15) is 44.5 Å². The minimum atomic E-state index is 0.103. The molecule has 172 valence electrons. The van der Waals surface area contributed by atoms with Crippen molar-refractivity contribution in [3.8, 4) is 17.1 Å². The van der Waals surface area contributed by atoms with Gasteiger partial charge in [0.2, 0.25) is 0 Å². The second kappa shape index (κ2) is 9.83. The molecule has 32 heavy (non-hydrogen) atoms. The van der Waals surface area contributed by atoms with Crippen LogP contribution < -0.4 is 10.5 Å². The number of benzene rings is 1. The van der Waals surface area contributed by atoms with Gasteiger partial charge in [-0.1, -0.05) is 13.0 Å². The van der Waals surface area contributed by atoms with Crippen molar-refractivity contribution in [1.82, 2.24) is 19.4 Å². The molecule has 1 aromatic carbocycles. The highest BCUT2D eigenvalue weighted by Gasteiger charge is 2.26. The van der Waals surface area contributed by atoms with Crippen molar-refractivity contribution in [3.63, 3.8) is 0 Å². The third-order valence-corrected chi connectivity index (χ3v) is 6.17. The van der Waals surface area contributed by atoms with Crippen LogP contribution in [0.2, 0.25) is 0 Å². The van der Waals surface area contributed by atoms with Crippen LogP contribution in [0.4, 0.5) is 0 Å². The molecule has 0 aliphatic carbocycles. The Morgan fingerprint density at radius 2 is 2.00 bits per heavy atom. The number of ether oxygens (including phenoxy) is 1. The van der Waals surface area contributed by atoms with Crippen LogP contribution in [0, 0.1) is 0 Å². The first-order chi connectivity index (χ1) is 15.5. The molecule has 0 amide bonds. The number of hydrogen-bond donors (Lipinski definition) is 1. The quantitative estimate of drug-likeness (QED) is 0.574. The van der Waals surface area contributed by atoms with Gasteiger partial charge in [0.1, 0.15) is 23.9 Å². The summed E-state index contributed by atoms with van der Waals surface area (Å²) in [4.78, 5) is 18.8. The number of imidazole rings is 1. The summed E-state index contributed by atoms with van der Waals surface area (Å²) in [6.45, 7) is 12.0. The van der Waals surface area contributed by atoms with Crippen molar-refractivity contribution >= 4 is 12.2 Å². The lowest BCUT2D eigenvalue weighted by atomic mass is 9.98. The number of aliphatic imine (C=N–C) groups is 2. The van der Waals surface area contributed by atoms with E-state index in [1.165, 1.54) is 11.9 Å². The summed E-state index contributed by atoms with van der Waals surface area (Å²) in [5.41, 5.74) is 8.66. The smallest absolute Gasteiger partial charge is 0.176 e. The van der Waals surface area contributed by atoms with Gasteiger partial charge in [-0.2, -0.15) is 0 Å². The fourth-order valence-electron chi connectivity index (χ4n) is 4.54. The number of aromatic nitrogens is 2. The molecule has 2 aliphatic heterocycles. The van der Waals surface area contributed by atoms with Crippen LogP contribution in [0.5, 0.6) is 5.75 Å². The van der Waals surface area contributed by atoms with Crippen molar-refractivity contribution in [1.29, 1.82) is 0 Å². The van der Waals surface area contributed by atoms with Gasteiger partial charge < -0.3 is 19.9 Å². The minimum absolute atomic E-state index is 0.103. The zero-order valence-electron chi connectivity index (χ0n) is 19.7. The van der Waals surface area contributed by atoms with E-state index in [0.29, 0.717) is 18.5 Å². The molecule has 1 saturated heterocycles. The highest BCUT2D eigenvalue weighted by Crippen LogP contribution is 2.36. The summed E-state index contributed by atoms with van der Waals surface area (Å²) in [6, 6.07) is 7.08. The number of nitrogens with zero attached hydrogens (tertiary/aromatic N) is 6. The van der Waals surface area contributed by atoms with E-state index in [9.17, 15) is 0 Å². The van der Waals surface area contributed by atoms with Crippen molar-refractivity contribution in [2.45, 2.75) is 45.8 Å². The molecular formula is C24H35N7O. The fraction of sp³-hybridized carbons (Fsp3) is 0.542. The number of rotatable bonds is 5. The predicted octanol–water partition coefficient (Wildman–Crippen LogP) is 2.78. The lowest BCUT2D eigenvalue weighted by Gasteiger charge is -2.38. The normalized spacial score (nSPS) is 19.0. The second-order valence-electron chi connectivity index (χ2n) is 8.84. The summed E-state index contributed by atoms with van der Waals surface area (Å²) in [5.74, 6) is 2.33. The molecule has 3 heterocycles. The van der Waals surface area contributed by atoms with E-state index in [2.05, 4.69) is 56.5 Å². The molecule has 1 atom stereocenters. The average Bonchev–Trinajstić information content (AvgIpc) is 3.12. The highest BCUT2D eigenvalue weighted by molar-refractivity contribution is 6.01. The Kier molecular flexibility index (Phi) is 6.91. The van der Waals surface area contributed by atoms with Gasteiger partial charge in [0.15, 0.2) is 5.84 Å². The number of piperazine rings is 1. The van der Waals surface area contributed by atoms with Crippen LogP contribution in [0.15, 0.2) is 34.4 Å². The molecule has 1 fully saturated rings. The van der Waals surface area contributed by atoms with E-state index < -0.39 is 0 Å². The molecule has 0 bridgehead atoms. The maximum absolute atomic E-state index is 6.07. The van der Waals surface area contributed by atoms with Gasteiger partial charge in [-0.25, -0.2) is 9.98 Å². The molecule has 0 saturated carbocycles. The zero-order chi connectivity index (χ0) is 22.7. The number of nitrogens with two attached hydrogens (primary N) is 1. The third kappa shape index (κ3) is 4.71. The van der Waals surface area contributed by atoms with Gasteiger partial charge in [-0.15, -0.1) is 0 Å². The molecule has 1 aromatic heterocycles. The van der Waals surface area contributed by atoms with E-state index in [4.69, 9.17) is 15.5 Å². The van der Waals surface area contributed by atoms with Crippen molar-refractivity contribution in [3.05, 3.63) is 35.7 Å². The molecule has 0 spiro atoms. The van der Waals surface area contributed by atoms with Gasteiger partial charge in [0.25, 0.3) is 0 Å².